The number of nitrogens with one attached hydrogen (secondary N) is 1. The van der Waals surface area contributed by atoms with Gasteiger partial charge < -0.3 is 5.32 Å². The molecule has 1 saturated carbocycles. The van der Waals surface area contributed by atoms with E-state index < -0.39 is 4.92 Å². The molecule has 1 aromatic rings. The molecule has 1 N–H and O–H groups in total. The average molecular weight is 259 g/mol. The lowest BCUT2D eigenvalue weighted by Crippen LogP contribution is -2.23. The van der Waals surface area contributed by atoms with Gasteiger partial charge in [0.25, 0.3) is 5.69 Å². The van der Waals surface area contributed by atoms with Gasteiger partial charge >= 0.3 is 0 Å². The largest absolute Gasteiger partial charge is 0.382 e. The molecule has 0 radical (unpaired) electrons. The zero-order valence-corrected chi connectivity index (χ0v) is 10.9. The predicted molar refractivity (Wildman–Crippen MR) is 72.9 cm³/mol. The Labute approximate surface area is 112 Å². The van der Waals surface area contributed by atoms with Gasteiger partial charge in [0.2, 0.25) is 0 Å². The van der Waals surface area contributed by atoms with Crippen molar-refractivity contribution in [3.8, 4) is 6.07 Å². The van der Waals surface area contributed by atoms with E-state index in [0.29, 0.717) is 17.6 Å². The number of nitriles is 1. The maximum absolute atomic E-state index is 10.9. The van der Waals surface area contributed by atoms with E-state index in [1.165, 1.54) is 37.8 Å². The molecule has 100 valence electrons. The summed E-state index contributed by atoms with van der Waals surface area (Å²) < 4.78 is 0. The summed E-state index contributed by atoms with van der Waals surface area (Å²) in [5.74, 6) is 0.634. The van der Waals surface area contributed by atoms with Crippen LogP contribution in [0.5, 0.6) is 0 Å². The fourth-order valence-corrected chi connectivity index (χ4v) is 2.71. The Balaban J connectivity index is 2.14. The number of anilines is 1. The van der Waals surface area contributed by atoms with Crippen LogP contribution in [0.15, 0.2) is 18.2 Å². The second kappa shape index (κ2) is 5.70. The van der Waals surface area contributed by atoms with Gasteiger partial charge in [-0.1, -0.05) is 12.8 Å². The second-order valence-corrected chi connectivity index (χ2v) is 5.08. The highest BCUT2D eigenvalue weighted by atomic mass is 16.6. The van der Waals surface area contributed by atoms with Crippen LogP contribution in [-0.4, -0.2) is 11.0 Å². The van der Waals surface area contributed by atoms with Crippen molar-refractivity contribution >= 4 is 11.4 Å². The fraction of sp³-hybridized carbons (Fsp3) is 0.500. The molecule has 19 heavy (non-hydrogen) atoms. The van der Waals surface area contributed by atoms with Crippen LogP contribution >= 0.6 is 0 Å². The van der Waals surface area contributed by atoms with Crippen molar-refractivity contribution in [1.82, 2.24) is 0 Å². The normalized spacial score (nSPS) is 16.8. The quantitative estimate of drug-likeness (QED) is 0.663. The minimum absolute atomic E-state index is 0.101. The van der Waals surface area contributed by atoms with Crippen LogP contribution in [0.25, 0.3) is 0 Å². The zero-order valence-electron chi connectivity index (χ0n) is 10.9. The van der Waals surface area contributed by atoms with Crippen molar-refractivity contribution in [3.05, 3.63) is 33.9 Å². The van der Waals surface area contributed by atoms with E-state index in [4.69, 9.17) is 5.26 Å². The molecule has 0 amide bonds. The molecule has 0 bridgehead atoms. The van der Waals surface area contributed by atoms with E-state index in [1.807, 2.05) is 6.07 Å². The number of nitrogens with zero attached hydrogens (tertiary/aromatic N) is 2. The first-order valence-electron chi connectivity index (χ1n) is 6.57. The average Bonchev–Trinajstić information content (AvgIpc) is 2.92. The maximum Gasteiger partial charge on any atom is 0.289 e. The number of nitro groups is 1. The Morgan fingerprint density at radius 1 is 1.47 bits per heavy atom. The minimum Gasteiger partial charge on any atom is -0.382 e. The summed E-state index contributed by atoms with van der Waals surface area (Å²) in [5.41, 5.74) is 0.681. The molecule has 5 nitrogen and oxygen atoms in total. The second-order valence-electron chi connectivity index (χ2n) is 5.08. The topological polar surface area (TPSA) is 79.0 Å². The fourth-order valence-electron chi connectivity index (χ4n) is 2.71. The number of hydrogen-bond donors (Lipinski definition) is 1. The van der Waals surface area contributed by atoms with E-state index in [0.717, 1.165) is 0 Å². The molecule has 0 aromatic heterocycles. The lowest BCUT2D eigenvalue weighted by Gasteiger charge is -2.21. The van der Waals surface area contributed by atoms with Crippen LogP contribution in [0.4, 0.5) is 11.4 Å². The molecule has 5 heteroatoms. The Morgan fingerprint density at radius 3 is 2.74 bits per heavy atom. The van der Waals surface area contributed by atoms with Gasteiger partial charge in [0, 0.05) is 17.8 Å². The summed E-state index contributed by atoms with van der Waals surface area (Å²) in [6, 6.07) is 6.83. The minimum atomic E-state index is -0.510. The van der Waals surface area contributed by atoms with E-state index in [-0.39, 0.29) is 11.3 Å². The number of hydrogen-bond acceptors (Lipinski definition) is 4. The van der Waals surface area contributed by atoms with Crippen LogP contribution < -0.4 is 5.32 Å². The molecule has 1 aliphatic rings. The summed E-state index contributed by atoms with van der Waals surface area (Å²) in [6.45, 7) is 2.11. The van der Waals surface area contributed by atoms with E-state index in [1.54, 1.807) is 6.07 Å². The summed E-state index contributed by atoms with van der Waals surface area (Å²) in [6.07, 6.45) is 4.97. The van der Waals surface area contributed by atoms with Crippen molar-refractivity contribution in [3.63, 3.8) is 0 Å². The molecule has 1 atom stereocenters. The summed E-state index contributed by atoms with van der Waals surface area (Å²) in [4.78, 5) is 10.4. The Kier molecular flexibility index (Phi) is 4.00. The molecule has 0 saturated heterocycles. The highest BCUT2D eigenvalue weighted by molar-refractivity contribution is 5.59. The summed E-state index contributed by atoms with van der Waals surface area (Å²) >= 11 is 0. The third-order valence-electron chi connectivity index (χ3n) is 3.82. The highest BCUT2D eigenvalue weighted by Gasteiger charge is 2.22. The van der Waals surface area contributed by atoms with Crippen LogP contribution in [0, 0.1) is 27.4 Å². The van der Waals surface area contributed by atoms with Crippen molar-refractivity contribution in [1.29, 1.82) is 5.26 Å². The molecule has 0 aliphatic heterocycles. The first kappa shape index (κ1) is 13.3. The van der Waals surface area contributed by atoms with Gasteiger partial charge in [-0.3, -0.25) is 10.1 Å². The van der Waals surface area contributed by atoms with Gasteiger partial charge in [0.15, 0.2) is 0 Å². The van der Waals surface area contributed by atoms with Crippen LogP contribution in [0.2, 0.25) is 0 Å². The van der Waals surface area contributed by atoms with Gasteiger partial charge in [-0.2, -0.15) is 5.26 Å². The molecule has 0 heterocycles. The van der Waals surface area contributed by atoms with Crippen LogP contribution in [0.3, 0.4) is 0 Å². The van der Waals surface area contributed by atoms with Crippen molar-refractivity contribution in [2.45, 2.75) is 38.6 Å². The molecule has 1 fully saturated rings. The van der Waals surface area contributed by atoms with E-state index in [2.05, 4.69) is 12.2 Å². The third kappa shape index (κ3) is 3.02. The van der Waals surface area contributed by atoms with E-state index in [9.17, 15) is 10.1 Å². The molecule has 1 aliphatic carbocycles. The first-order chi connectivity index (χ1) is 9.11. The Morgan fingerprint density at radius 2 is 2.16 bits per heavy atom. The van der Waals surface area contributed by atoms with Gasteiger partial charge in [-0.15, -0.1) is 0 Å². The molecule has 0 spiro atoms. The smallest absolute Gasteiger partial charge is 0.289 e. The van der Waals surface area contributed by atoms with Gasteiger partial charge in [-0.25, -0.2) is 0 Å². The number of benzene rings is 1. The van der Waals surface area contributed by atoms with Crippen molar-refractivity contribution in [2.75, 3.05) is 5.32 Å². The van der Waals surface area contributed by atoms with Gasteiger partial charge in [0.1, 0.15) is 11.6 Å². The lowest BCUT2D eigenvalue weighted by molar-refractivity contribution is -0.385. The number of rotatable bonds is 4. The number of nitro benzene ring substituents is 1. The lowest BCUT2D eigenvalue weighted by atomic mass is 9.99. The molecule has 1 unspecified atom stereocenters. The monoisotopic (exact) mass is 259 g/mol. The Hall–Kier alpha value is -2.09. The van der Waals surface area contributed by atoms with Gasteiger partial charge in [-0.05, 0) is 37.8 Å². The summed E-state index contributed by atoms with van der Waals surface area (Å²) in [5, 5.41) is 23.1. The van der Waals surface area contributed by atoms with Crippen LogP contribution in [0.1, 0.15) is 38.2 Å². The predicted octanol–water partition coefficient (Wildman–Crippen LogP) is 3.46. The maximum atomic E-state index is 10.9. The Bertz CT molecular complexity index is 516. The standard InChI is InChI=1S/C14H17N3O2/c1-10(11-4-2-3-5-11)16-13-7-6-12(9-15)14(8-13)17(18)19/h6-8,10-11,16H,2-5H2,1H3. The zero-order chi connectivity index (χ0) is 13.8. The van der Waals surface area contributed by atoms with Crippen LogP contribution in [-0.2, 0) is 0 Å². The first-order valence-corrected chi connectivity index (χ1v) is 6.57. The van der Waals surface area contributed by atoms with Crippen molar-refractivity contribution in [2.24, 2.45) is 5.92 Å². The summed E-state index contributed by atoms with van der Waals surface area (Å²) in [7, 11) is 0. The van der Waals surface area contributed by atoms with Gasteiger partial charge in [0.05, 0.1) is 4.92 Å². The molecule has 2 rings (SSSR count). The molecular formula is C14H17N3O2. The third-order valence-corrected chi connectivity index (χ3v) is 3.82. The van der Waals surface area contributed by atoms with E-state index >= 15 is 0 Å². The van der Waals surface area contributed by atoms with Crippen molar-refractivity contribution < 1.29 is 4.92 Å². The molecule has 1 aromatic carbocycles. The SMILES string of the molecule is CC(Nc1ccc(C#N)c([N+](=O)[O-])c1)C1CCCC1. The molecular weight excluding hydrogens is 242 g/mol. The highest BCUT2D eigenvalue weighted by Crippen LogP contribution is 2.30.